The molecule has 1 aromatic carbocycles. The molecule has 1 N–H and O–H groups in total. The second-order valence-corrected chi connectivity index (χ2v) is 9.51. The van der Waals surface area contributed by atoms with Crippen LogP contribution in [0.2, 0.25) is 0 Å². The number of sulfonamides is 1. The molecule has 0 unspecified atom stereocenters. The molecule has 2 heterocycles. The lowest BCUT2D eigenvalue weighted by Crippen LogP contribution is -2.45. The maximum absolute atomic E-state index is 12.7. The van der Waals surface area contributed by atoms with Crippen LogP contribution in [0.3, 0.4) is 0 Å². The fraction of sp³-hybridized carbons (Fsp3) is 0.421. The number of amides is 1. The van der Waals surface area contributed by atoms with Gasteiger partial charge in [0.05, 0.1) is 12.5 Å². The van der Waals surface area contributed by atoms with Gasteiger partial charge in [0.2, 0.25) is 5.91 Å². The monoisotopic (exact) mass is 408 g/mol. The average Bonchev–Trinajstić information content (AvgIpc) is 3.23. The summed E-state index contributed by atoms with van der Waals surface area (Å²) >= 11 is 1.20. The van der Waals surface area contributed by atoms with E-state index in [4.69, 9.17) is 4.74 Å². The van der Waals surface area contributed by atoms with Crippen molar-refractivity contribution in [3.63, 3.8) is 0 Å². The van der Waals surface area contributed by atoms with Gasteiger partial charge in [-0.1, -0.05) is 24.3 Å². The minimum atomic E-state index is -3.51. The Labute approximate surface area is 164 Å². The number of carbonyl (C=O) groups excluding carboxylic acids is 1. The van der Waals surface area contributed by atoms with E-state index in [1.165, 1.54) is 15.6 Å². The van der Waals surface area contributed by atoms with E-state index in [9.17, 15) is 13.2 Å². The number of nitrogens with one attached hydrogen (secondary N) is 1. The van der Waals surface area contributed by atoms with Crippen LogP contribution in [0.15, 0.2) is 46.0 Å². The highest BCUT2D eigenvalue weighted by atomic mass is 32.2. The number of hydrogen-bond acceptors (Lipinski definition) is 5. The number of benzene rings is 1. The Morgan fingerprint density at radius 2 is 2.11 bits per heavy atom. The first-order valence-corrected chi connectivity index (χ1v) is 11.4. The van der Waals surface area contributed by atoms with Gasteiger partial charge in [0.1, 0.15) is 9.96 Å². The Bertz CT molecular complexity index is 866. The number of carbonyl (C=O) groups is 1. The molecule has 1 saturated heterocycles. The Kier molecular flexibility index (Phi) is 6.51. The molecular weight excluding hydrogens is 384 g/mol. The summed E-state index contributed by atoms with van der Waals surface area (Å²) in [6, 6.07) is 10.9. The largest absolute Gasteiger partial charge is 0.494 e. The van der Waals surface area contributed by atoms with Gasteiger partial charge in [0.15, 0.2) is 0 Å². The quantitative estimate of drug-likeness (QED) is 0.764. The van der Waals surface area contributed by atoms with Crippen molar-refractivity contribution in [2.45, 2.75) is 30.5 Å². The van der Waals surface area contributed by atoms with Crippen LogP contribution in [0.25, 0.3) is 0 Å². The van der Waals surface area contributed by atoms with Gasteiger partial charge < -0.3 is 10.1 Å². The van der Waals surface area contributed by atoms with Crippen LogP contribution in [0, 0.1) is 5.92 Å². The summed E-state index contributed by atoms with van der Waals surface area (Å²) in [5, 5.41) is 4.68. The molecule has 1 amide bonds. The Balaban J connectivity index is 1.62. The molecule has 8 heteroatoms. The lowest BCUT2D eigenvalue weighted by molar-refractivity contribution is -0.126. The fourth-order valence-electron chi connectivity index (χ4n) is 3.19. The minimum Gasteiger partial charge on any atom is -0.494 e. The van der Waals surface area contributed by atoms with Crippen molar-refractivity contribution in [3.05, 3.63) is 47.3 Å². The zero-order valence-electron chi connectivity index (χ0n) is 15.3. The van der Waals surface area contributed by atoms with E-state index in [1.54, 1.807) is 17.5 Å². The average molecular weight is 409 g/mol. The van der Waals surface area contributed by atoms with E-state index in [0.717, 1.165) is 11.3 Å². The number of ether oxygens (including phenoxy) is 1. The molecule has 0 aliphatic carbocycles. The van der Waals surface area contributed by atoms with E-state index in [2.05, 4.69) is 5.32 Å². The van der Waals surface area contributed by atoms with Crippen molar-refractivity contribution in [2.24, 2.45) is 5.92 Å². The van der Waals surface area contributed by atoms with Crippen molar-refractivity contribution < 1.29 is 17.9 Å². The van der Waals surface area contributed by atoms with Crippen molar-refractivity contribution in [1.82, 2.24) is 9.62 Å². The maximum atomic E-state index is 12.7. The van der Waals surface area contributed by atoms with Gasteiger partial charge in [-0.05, 0) is 37.3 Å². The Morgan fingerprint density at radius 1 is 1.30 bits per heavy atom. The predicted molar refractivity (Wildman–Crippen MR) is 105 cm³/mol. The van der Waals surface area contributed by atoms with Crippen LogP contribution >= 0.6 is 11.3 Å². The van der Waals surface area contributed by atoms with Crippen LogP contribution in [0.1, 0.15) is 25.3 Å². The zero-order chi connectivity index (χ0) is 19.3. The summed E-state index contributed by atoms with van der Waals surface area (Å²) in [6.45, 7) is 3.52. The first-order valence-electron chi connectivity index (χ1n) is 9.04. The number of thiophene rings is 1. The van der Waals surface area contributed by atoms with Gasteiger partial charge >= 0.3 is 0 Å². The number of piperidine rings is 1. The van der Waals surface area contributed by atoms with Gasteiger partial charge in [0.25, 0.3) is 10.0 Å². The molecule has 3 rings (SSSR count). The highest BCUT2D eigenvalue weighted by Crippen LogP contribution is 2.26. The third kappa shape index (κ3) is 4.69. The molecule has 1 aliphatic heterocycles. The highest BCUT2D eigenvalue weighted by molar-refractivity contribution is 7.91. The third-order valence-corrected chi connectivity index (χ3v) is 7.81. The molecule has 2 aromatic rings. The summed E-state index contributed by atoms with van der Waals surface area (Å²) < 4.78 is 32.7. The smallest absolute Gasteiger partial charge is 0.252 e. The molecule has 0 radical (unpaired) electrons. The first-order chi connectivity index (χ1) is 13.0. The summed E-state index contributed by atoms with van der Waals surface area (Å²) in [4.78, 5) is 12.6. The normalized spacial score (nSPS) is 18.2. The fourth-order valence-corrected chi connectivity index (χ4v) is 5.85. The van der Waals surface area contributed by atoms with Gasteiger partial charge in [0, 0.05) is 25.2 Å². The lowest BCUT2D eigenvalue weighted by atomic mass is 9.98. The molecule has 0 saturated carbocycles. The highest BCUT2D eigenvalue weighted by Gasteiger charge is 2.33. The van der Waals surface area contributed by atoms with E-state index in [0.29, 0.717) is 36.7 Å². The molecule has 27 heavy (non-hydrogen) atoms. The number of para-hydroxylation sites is 1. The number of rotatable bonds is 7. The Hall–Kier alpha value is -1.90. The SMILES string of the molecule is CCOc1ccccc1CNC(=O)[C@H]1CCCN(S(=O)(=O)c2cccs2)C1. The molecule has 1 aromatic heterocycles. The van der Waals surface area contributed by atoms with Gasteiger partial charge in [-0.15, -0.1) is 11.3 Å². The van der Waals surface area contributed by atoms with E-state index >= 15 is 0 Å². The molecule has 6 nitrogen and oxygen atoms in total. The summed E-state index contributed by atoms with van der Waals surface area (Å²) in [6.07, 6.45) is 1.37. The molecule has 1 fully saturated rings. The van der Waals surface area contributed by atoms with Crippen LogP contribution in [0.4, 0.5) is 0 Å². The molecule has 1 aliphatic rings. The van der Waals surface area contributed by atoms with E-state index in [-0.39, 0.29) is 18.4 Å². The number of hydrogen-bond donors (Lipinski definition) is 1. The van der Waals surface area contributed by atoms with Crippen LogP contribution in [-0.4, -0.2) is 38.3 Å². The summed E-state index contributed by atoms with van der Waals surface area (Å²) in [7, 11) is -3.51. The molecular formula is C19H24N2O4S2. The molecule has 1 atom stereocenters. The summed E-state index contributed by atoms with van der Waals surface area (Å²) in [5.41, 5.74) is 0.909. The van der Waals surface area contributed by atoms with E-state index in [1.807, 2.05) is 31.2 Å². The van der Waals surface area contributed by atoms with Crippen LogP contribution in [-0.2, 0) is 21.4 Å². The van der Waals surface area contributed by atoms with Crippen LogP contribution < -0.4 is 10.1 Å². The Morgan fingerprint density at radius 3 is 2.85 bits per heavy atom. The minimum absolute atomic E-state index is 0.118. The maximum Gasteiger partial charge on any atom is 0.252 e. The van der Waals surface area contributed by atoms with Gasteiger partial charge in [-0.3, -0.25) is 4.79 Å². The van der Waals surface area contributed by atoms with Crippen molar-refractivity contribution in [2.75, 3.05) is 19.7 Å². The third-order valence-electron chi connectivity index (χ3n) is 4.57. The first kappa shape index (κ1) is 19.9. The van der Waals surface area contributed by atoms with Gasteiger partial charge in [-0.25, -0.2) is 8.42 Å². The second-order valence-electron chi connectivity index (χ2n) is 6.39. The zero-order valence-corrected chi connectivity index (χ0v) is 16.9. The molecule has 0 bridgehead atoms. The van der Waals surface area contributed by atoms with Crippen molar-refractivity contribution >= 4 is 27.3 Å². The number of nitrogens with zero attached hydrogens (tertiary/aromatic N) is 1. The predicted octanol–water partition coefficient (Wildman–Crippen LogP) is 2.86. The molecule has 146 valence electrons. The summed E-state index contributed by atoms with van der Waals surface area (Å²) in [5.74, 6) is 0.297. The van der Waals surface area contributed by atoms with Crippen LogP contribution in [0.5, 0.6) is 5.75 Å². The molecule has 0 spiro atoms. The standard InChI is InChI=1S/C19H24N2O4S2/c1-2-25-17-9-4-3-7-15(17)13-20-19(22)16-8-5-11-21(14-16)27(23,24)18-10-6-12-26-18/h3-4,6-7,9-10,12,16H,2,5,8,11,13-14H2,1H3,(H,20,22)/t16-/m0/s1. The van der Waals surface area contributed by atoms with Gasteiger partial charge in [-0.2, -0.15) is 4.31 Å². The van der Waals surface area contributed by atoms with E-state index < -0.39 is 10.0 Å². The van der Waals surface area contributed by atoms with Crippen molar-refractivity contribution in [3.8, 4) is 5.75 Å². The topological polar surface area (TPSA) is 75.7 Å². The lowest BCUT2D eigenvalue weighted by Gasteiger charge is -2.30. The second kappa shape index (κ2) is 8.86. The van der Waals surface area contributed by atoms with Crippen molar-refractivity contribution in [1.29, 1.82) is 0 Å².